The first-order chi connectivity index (χ1) is 6.84. The average molecular weight is 190 g/mol. The first-order valence-electron chi connectivity index (χ1n) is 4.46. The van der Waals surface area contributed by atoms with E-state index in [4.69, 9.17) is 0 Å². The van der Waals surface area contributed by atoms with E-state index in [2.05, 4.69) is 5.43 Å². The topological polar surface area (TPSA) is 17.0 Å². The Labute approximate surface area is 82.0 Å². The van der Waals surface area contributed by atoms with E-state index < -0.39 is 0 Å². The molecule has 14 heavy (non-hydrogen) atoms. The SMILES string of the molecule is Fc1cccc(CNn2cccc2)c1. The van der Waals surface area contributed by atoms with Gasteiger partial charge in [0.25, 0.3) is 0 Å². The molecule has 2 aromatic rings. The molecule has 1 heterocycles. The van der Waals surface area contributed by atoms with Gasteiger partial charge >= 0.3 is 0 Å². The Morgan fingerprint density at radius 3 is 2.64 bits per heavy atom. The van der Waals surface area contributed by atoms with Gasteiger partial charge in [0.15, 0.2) is 0 Å². The lowest BCUT2D eigenvalue weighted by Gasteiger charge is -2.06. The van der Waals surface area contributed by atoms with Gasteiger partial charge in [-0.1, -0.05) is 12.1 Å². The Hall–Kier alpha value is -1.77. The molecular formula is C11H11FN2. The Balaban J connectivity index is 1.98. The van der Waals surface area contributed by atoms with Gasteiger partial charge in [-0.15, -0.1) is 0 Å². The lowest BCUT2D eigenvalue weighted by atomic mass is 10.2. The quantitative estimate of drug-likeness (QED) is 0.786. The Morgan fingerprint density at radius 1 is 1.14 bits per heavy atom. The van der Waals surface area contributed by atoms with Crippen LogP contribution in [0.3, 0.4) is 0 Å². The molecule has 0 aliphatic carbocycles. The number of halogens is 1. The molecule has 2 rings (SSSR count). The Morgan fingerprint density at radius 2 is 1.93 bits per heavy atom. The summed E-state index contributed by atoms with van der Waals surface area (Å²) in [6.07, 6.45) is 3.80. The number of hydrogen-bond acceptors (Lipinski definition) is 1. The minimum atomic E-state index is -0.197. The predicted molar refractivity (Wildman–Crippen MR) is 53.9 cm³/mol. The van der Waals surface area contributed by atoms with Crippen LogP contribution in [-0.4, -0.2) is 4.68 Å². The summed E-state index contributed by atoms with van der Waals surface area (Å²) in [7, 11) is 0. The summed E-state index contributed by atoms with van der Waals surface area (Å²) in [6, 6.07) is 10.4. The van der Waals surface area contributed by atoms with Crippen LogP contribution < -0.4 is 5.43 Å². The molecule has 0 bridgehead atoms. The van der Waals surface area contributed by atoms with E-state index in [0.29, 0.717) is 6.54 Å². The Bertz CT molecular complexity index is 395. The van der Waals surface area contributed by atoms with Gasteiger partial charge in [0.1, 0.15) is 5.82 Å². The van der Waals surface area contributed by atoms with Crippen LogP contribution in [0.1, 0.15) is 5.56 Å². The van der Waals surface area contributed by atoms with E-state index in [1.807, 2.05) is 35.3 Å². The molecular weight excluding hydrogens is 179 g/mol. The highest BCUT2D eigenvalue weighted by Gasteiger charge is 1.94. The average Bonchev–Trinajstić information content (AvgIpc) is 2.67. The molecule has 0 saturated carbocycles. The van der Waals surface area contributed by atoms with Crippen LogP contribution in [0.2, 0.25) is 0 Å². The maximum atomic E-state index is 12.8. The molecule has 1 aromatic carbocycles. The van der Waals surface area contributed by atoms with Gasteiger partial charge < -0.3 is 5.43 Å². The van der Waals surface area contributed by atoms with Gasteiger partial charge in [-0.2, -0.15) is 0 Å². The van der Waals surface area contributed by atoms with Crippen molar-refractivity contribution in [2.24, 2.45) is 0 Å². The van der Waals surface area contributed by atoms with Gasteiger partial charge in [-0.3, -0.25) is 4.68 Å². The normalized spacial score (nSPS) is 10.1. The molecule has 1 aromatic heterocycles. The molecule has 0 unspecified atom stereocenters. The third-order valence-electron chi connectivity index (χ3n) is 1.96. The van der Waals surface area contributed by atoms with Crippen molar-refractivity contribution in [3.63, 3.8) is 0 Å². The molecule has 0 radical (unpaired) electrons. The van der Waals surface area contributed by atoms with E-state index in [9.17, 15) is 4.39 Å². The van der Waals surface area contributed by atoms with Gasteiger partial charge in [-0.05, 0) is 29.8 Å². The molecule has 3 heteroatoms. The maximum Gasteiger partial charge on any atom is 0.123 e. The van der Waals surface area contributed by atoms with Gasteiger partial charge in [-0.25, -0.2) is 4.39 Å². The van der Waals surface area contributed by atoms with Gasteiger partial charge in [0, 0.05) is 12.4 Å². The molecule has 0 saturated heterocycles. The monoisotopic (exact) mass is 190 g/mol. The van der Waals surface area contributed by atoms with Crippen LogP contribution >= 0.6 is 0 Å². The van der Waals surface area contributed by atoms with Crippen molar-refractivity contribution < 1.29 is 4.39 Å². The molecule has 72 valence electrons. The summed E-state index contributed by atoms with van der Waals surface area (Å²) in [5.41, 5.74) is 4.05. The van der Waals surface area contributed by atoms with Crippen LogP contribution in [0.4, 0.5) is 4.39 Å². The first kappa shape index (κ1) is 8.81. The highest BCUT2D eigenvalue weighted by molar-refractivity contribution is 5.17. The van der Waals surface area contributed by atoms with E-state index >= 15 is 0 Å². The number of benzene rings is 1. The van der Waals surface area contributed by atoms with E-state index in [1.54, 1.807) is 6.07 Å². The number of nitrogens with zero attached hydrogens (tertiary/aromatic N) is 1. The number of hydrogen-bond donors (Lipinski definition) is 1. The minimum absolute atomic E-state index is 0.197. The number of aromatic nitrogens is 1. The summed E-state index contributed by atoms with van der Waals surface area (Å²) >= 11 is 0. The largest absolute Gasteiger partial charge is 0.322 e. The molecule has 0 spiro atoms. The second-order valence-electron chi connectivity index (χ2n) is 3.06. The van der Waals surface area contributed by atoms with Crippen LogP contribution in [0.25, 0.3) is 0 Å². The third kappa shape index (κ3) is 2.13. The van der Waals surface area contributed by atoms with E-state index in [0.717, 1.165) is 5.56 Å². The van der Waals surface area contributed by atoms with E-state index in [-0.39, 0.29) is 5.82 Å². The summed E-state index contributed by atoms with van der Waals surface area (Å²) < 4.78 is 14.6. The highest BCUT2D eigenvalue weighted by atomic mass is 19.1. The molecule has 1 N–H and O–H groups in total. The fraction of sp³-hybridized carbons (Fsp3) is 0.0909. The molecule has 0 aliphatic heterocycles. The summed E-state index contributed by atoms with van der Waals surface area (Å²) in [6.45, 7) is 0.617. The zero-order chi connectivity index (χ0) is 9.80. The van der Waals surface area contributed by atoms with Gasteiger partial charge in [0.05, 0.1) is 6.54 Å². The van der Waals surface area contributed by atoms with Crippen molar-refractivity contribution in [3.05, 3.63) is 60.2 Å². The highest BCUT2D eigenvalue weighted by Crippen LogP contribution is 2.03. The predicted octanol–water partition coefficient (Wildman–Crippen LogP) is 2.37. The van der Waals surface area contributed by atoms with Crippen molar-refractivity contribution in [1.29, 1.82) is 0 Å². The number of rotatable bonds is 3. The molecule has 0 amide bonds. The van der Waals surface area contributed by atoms with Crippen molar-refractivity contribution >= 4 is 0 Å². The standard InChI is InChI=1S/C11H11FN2/c12-11-5-3-4-10(8-11)9-13-14-6-1-2-7-14/h1-8,13H,9H2. The van der Waals surface area contributed by atoms with Crippen LogP contribution in [0, 0.1) is 5.82 Å². The zero-order valence-electron chi connectivity index (χ0n) is 7.65. The lowest BCUT2D eigenvalue weighted by molar-refractivity contribution is 0.625. The second-order valence-corrected chi connectivity index (χ2v) is 3.06. The minimum Gasteiger partial charge on any atom is -0.322 e. The third-order valence-corrected chi connectivity index (χ3v) is 1.96. The molecule has 0 atom stereocenters. The van der Waals surface area contributed by atoms with Crippen molar-refractivity contribution in [3.8, 4) is 0 Å². The van der Waals surface area contributed by atoms with Crippen LogP contribution in [0.15, 0.2) is 48.8 Å². The van der Waals surface area contributed by atoms with Crippen LogP contribution in [-0.2, 0) is 6.54 Å². The fourth-order valence-corrected chi connectivity index (χ4v) is 1.27. The lowest BCUT2D eigenvalue weighted by Crippen LogP contribution is -2.11. The maximum absolute atomic E-state index is 12.8. The van der Waals surface area contributed by atoms with Gasteiger partial charge in [0.2, 0.25) is 0 Å². The Kier molecular flexibility index (Phi) is 2.49. The number of nitrogens with one attached hydrogen (secondary N) is 1. The molecule has 0 fully saturated rings. The summed E-state index contributed by atoms with van der Waals surface area (Å²) in [5.74, 6) is -0.197. The van der Waals surface area contributed by atoms with E-state index in [1.165, 1.54) is 12.1 Å². The molecule has 0 aliphatic rings. The first-order valence-corrected chi connectivity index (χ1v) is 4.46. The van der Waals surface area contributed by atoms with Crippen molar-refractivity contribution in [2.45, 2.75) is 6.54 Å². The summed E-state index contributed by atoms with van der Waals surface area (Å²) in [5, 5.41) is 0. The molecule has 2 nitrogen and oxygen atoms in total. The fourth-order valence-electron chi connectivity index (χ4n) is 1.27. The van der Waals surface area contributed by atoms with Crippen LogP contribution in [0.5, 0.6) is 0 Å². The van der Waals surface area contributed by atoms with Crippen molar-refractivity contribution in [2.75, 3.05) is 5.43 Å². The van der Waals surface area contributed by atoms with Crippen molar-refractivity contribution in [1.82, 2.24) is 4.68 Å². The smallest absolute Gasteiger partial charge is 0.123 e. The second kappa shape index (κ2) is 3.96. The summed E-state index contributed by atoms with van der Waals surface area (Å²) in [4.78, 5) is 0. The zero-order valence-corrected chi connectivity index (χ0v) is 7.65.